The summed E-state index contributed by atoms with van der Waals surface area (Å²) >= 11 is 6.23. The minimum absolute atomic E-state index is 0.200. The Morgan fingerprint density at radius 2 is 1.94 bits per heavy atom. The molecule has 4 rings (SSSR count). The van der Waals surface area contributed by atoms with Crippen LogP contribution in [0.15, 0.2) is 54.6 Å². The molecular weight excluding hydrogens is 414 g/mol. The summed E-state index contributed by atoms with van der Waals surface area (Å²) in [6.45, 7) is 2.83. The lowest BCUT2D eigenvalue weighted by atomic mass is 10.2. The van der Waals surface area contributed by atoms with Crippen molar-refractivity contribution in [3.8, 4) is 11.6 Å². The van der Waals surface area contributed by atoms with Gasteiger partial charge in [0.1, 0.15) is 12.4 Å². The molecule has 0 atom stereocenters. The van der Waals surface area contributed by atoms with Crippen molar-refractivity contribution in [3.63, 3.8) is 0 Å². The van der Waals surface area contributed by atoms with Crippen LogP contribution in [0, 0.1) is 6.92 Å². The third-order valence-corrected chi connectivity index (χ3v) is 5.65. The van der Waals surface area contributed by atoms with Crippen molar-refractivity contribution in [3.05, 3.63) is 76.4 Å². The Hall–Kier alpha value is -2.99. The van der Waals surface area contributed by atoms with Gasteiger partial charge in [0.25, 0.3) is 0 Å². The average molecular weight is 440 g/mol. The summed E-state index contributed by atoms with van der Waals surface area (Å²) in [7, 11) is 0. The lowest BCUT2D eigenvalue weighted by molar-refractivity contribution is 0.194. The van der Waals surface area contributed by atoms with Crippen molar-refractivity contribution in [2.24, 2.45) is 0 Å². The SMILES string of the molecule is Cc1cc(OC(=O)NC2CCCC2)nn1Cc1cc(Cl)ccc1OCc1ccccc1. The van der Waals surface area contributed by atoms with Crippen LogP contribution in [0.1, 0.15) is 42.5 Å². The van der Waals surface area contributed by atoms with E-state index in [4.69, 9.17) is 21.1 Å². The van der Waals surface area contributed by atoms with Crippen LogP contribution in [0.25, 0.3) is 0 Å². The highest BCUT2D eigenvalue weighted by Gasteiger charge is 2.19. The number of amides is 1. The Kier molecular flexibility index (Phi) is 6.77. The second kappa shape index (κ2) is 9.88. The van der Waals surface area contributed by atoms with E-state index in [1.54, 1.807) is 10.7 Å². The van der Waals surface area contributed by atoms with E-state index >= 15 is 0 Å². The second-order valence-corrected chi connectivity index (χ2v) is 8.26. The number of nitrogens with one attached hydrogen (secondary N) is 1. The zero-order chi connectivity index (χ0) is 21.6. The average Bonchev–Trinajstić information content (AvgIpc) is 3.38. The molecule has 3 aromatic rings. The number of hydrogen-bond donors (Lipinski definition) is 1. The predicted molar refractivity (Wildman–Crippen MR) is 120 cm³/mol. The summed E-state index contributed by atoms with van der Waals surface area (Å²) in [5, 5.41) is 7.97. The Balaban J connectivity index is 1.43. The van der Waals surface area contributed by atoms with E-state index in [0.29, 0.717) is 18.2 Å². The van der Waals surface area contributed by atoms with Gasteiger partial charge in [-0.05, 0) is 43.5 Å². The molecule has 1 saturated carbocycles. The molecule has 0 saturated heterocycles. The minimum atomic E-state index is -0.453. The van der Waals surface area contributed by atoms with Crippen LogP contribution in [0.3, 0.4) is 0 Å². The maximum atomic E-state index is 12.1. The molecule has 31 heavy (non-hydrogen) atoms. The van der Waals surface area contributed by atoms with E-state index in [1.165, 1.54) is 0 Å². The molecule has 6 nitrogen and oxygen atoms in total. The van der Waals surface area contributed by atoms with Gasteiger partial charge < -0.3 is 14.8 Å². The molecule has 1 aromatic heterocycles. The van der Waals surface area contributed by atoms with E-state index in [9.17, 15) is 4.79 Å². The second-order valence-electron chi connectivity index (χ2n) is 7.82. The van der Waals surface area contributed by atoms with Crippen LogP contribution in [0.5, 0.6) is 11.6 Å². The summed E-state index contributed by atoms with van der Waals surface area (Å²) in [6, 6.07) is 17.5. The number of carbonyl (C=O) groups excluding carboxylic acids is 1. The number of hydrogen-bond acceptors (Lipinski definition) is 4. The van der Waals surface area contributed by atoms with Gasteiger partial charge in [0, 0.05) is 28.4 Å². The molecule has 0 unspecified atom stereocenters. The van der Waals surface area contributed by atoms with Crippen LogP contribution in [-0.2, 0) is 13.2 Å². The molecule has 2 aromatic carbocycles. The maximum absolute atomic E-state index is 12.1. The van der Waals surface area contributed by atoms with Crippen molar-refractivity contribution >= 4 is 17.7 Å². The first-order valence-electron chi connectivity index (χ1n) is 10.5. The standard InChI is InChI=1S/C24H26ClN3O3/c1-17-13-23(31-24(29)26-21-9-5-6-10-21)27-28(17)15-19-14-20(25)11-12-22(19)30-16-18-7-3-2-4-8-18/h2-4,7-8,11-14,21H,5-6,9-10,15-16H2,1H3,(H,26,29). The van der Waals surface area contributed by atoms with Crippen molar-refractivity contribution < 1.29 is 14.3 Å². The van der Waals surface area contributed by atoms with E-state index in [1.807, 2.05) is 55.5 Å². The summed E-state index contributed by atoms with van der Waals surface area (Å²) in [5.41, 5.74) is 2.86. The van der Waals surface area contributed by atoms with Gasteiger partial charge in [-0.3, -0.25) is 4.68 Å². The van der Waals surface area contributed by atoms with Gasteiger partial charge in [0.15, 0.2) is 0 Å². The fourth-order valence-corrected chi connectivity index (χ4v) is 3.95. The van der Waals surface area contributed by atoms with Gasteiger partial charge >= 0.3 is 6.09 Å². The zero-order valence-corrected chi connectivity index (χ0v) is 18.3. The molecule has 162 valence electrons. The minimum Gasteiger partial charge on any atom is -0.489 e. The number of halogens is 1. The number of carbonyl (C=O) groups is 1. The normalized spacial score (nSPS) is 13.9. The largest absolute Gasteiger partial charge is 0.489 e. The summed E-state index contributed by atoms with van der Waals surface area (Å²) in [6.07, 6.45) is 3.85. The number of aryl methyl sites for hydroxylation is 1. The first-order chi connectivity index (χ1) is 15.1. The summed E-state index contributed by atoms with van der Waals surface area (Å²) in [4.78, 5) is 12.1. The van der Waals surface area contributed by atoms with Crippen LogP contribution < -0.4 is 14.8 Å². The van der Waals surface area contributed by atoms with Crippen LogP contribution >= 0.6 is 11.6 Å². The molecule has 1 aliphatic carbocycles. The van der Waals surface area contributed by atoms with Crippen molar-refractivity contribution in [1.82, 2.24) is 15.1 Å². The van der Waals surface area contributed by atoms with Crippen LogP contribution in [-0.4, -0.2) is 21.9 Å². The van der Waals surface area contributed by atoms with E-state index < -0.39 is 6.09 Å². The van der Waals surface area contributed by atoms with Crippen molar-refractivity contribution in [2.45, 2.75) is 51.8 Å². The number of rotatable bonds is 7. The summed E-state index contributed by atoms with van der Waals surface area (Å²) in [5.74, 6) is 1.02. The van der Waals surface area contributed by atoms with Crippen LogP contribution in [0.2, 0.25) is 5.02 Å². The summed E-state index contributed by atoms with van der Waals surface area (Å²) < 4.78 is 13.2. The monoisotopic (exact) mass is 439 g/mol. The fourth-order valence-electron chi connectivity index (χ4n) is 3.76. The molecule has 1 N–H and O–H groups in total. The highest BCUT2D eigenvalue weighted by atomic mass is 35.5. The fraction of sp³-hybridized carbons (Fsp3) is 0.333. The molecule has 0 spiro atoms. The molecule has 1 aliphatic rings. The number of nitrogens with zero attached hydrogens (tertiary/aromatic N) is 2. The lowest BCUT2D eigenvalue weighted by Crippen LogP contribution is -2.34. The Labute approximate surface area is 187 Å². The third kappa shape index (κ3) is 5.79. The zero-order valence-electron chi connectivity index (χ0n) is 17.5. The van der Waals surface area contributed by atoms with E-state index in [-0.39, 0.29) is 11.9 Å². The quantitative estimate of drug-likeness (QED) is 0.527. The highest BCUT2D eigenvalue weighted by molar-refractivity contribution is 6.30. The van der Waals surface area contributed by atoms with E-state index in [0.717, 1.165) is 48.3 Å². The van der Waals surface area contributed by atoms with Gasteiger partial charge in [-0.1, -0.05) is 54.8 Å². The first kappa shape index (κ1) is 21.2. The molecule has 0 aliphatic heterocycles. The number of ether oxygens (including phenoxy) is 2. The molecule has 1 heterocycles. The molecule has 0 bridgehead atoms. The maximum Gasteiger partial charge on any atom is 0.414 e. The molecule has 7 heteroatoms. The van der Waals surface area contributed by atoms with Gasteiger partial charge in [0.2, 0.25) is 5.88 Å². The van der Waals surface area contributed by atoms with Crippen molar-refractivity contribution in [1.29, 1.82) is 0 Å². The predicted octanol–water partition coefficient (Wildman–Crippen LogP) is 5.50. The third-order valence-electron chi connectivity index (χ3n) is 5.41. The van der Waals surface area contributed by atoms with Gasteiger partial charge in [0.05, 0.1) is 6.54 Å². The molecule has 0 radical (unpaired) electrons. The molecule has 1 fully saturated rings. The van der Waals surface area contributed by atoms with Gasteiger partial charge in [-0.2, -0.15) is 0 Å². The van der Waals surface area contributed by atoms with E-state index in [2.05, 4.69) is 10.4 Å². The lowest BCUT2D eigenvalue weighted by Gasteiger charge is -2.13. The highest BCUT2D eigenvalue weighted by Crippen LogP contribution is 2.26. The molecular formula is C24H26ClN3O3. The topological polar surface area (TPSA) is 65.4 Å². The van der Waals surface area contributed by atoms with Gasteiger partial charge in [-0.15, -0.1) is 5.10 Å². The Morgan fingerprint density at radius 1 is 1.16 bits per heavy atom. The Morgan fingerprint density at radius 3 is 2.71 bits per heavy atom. The molecule has 1 amide bonds. The number of aromatic nitrogens is 2. The van der Waals surface area contributed by atoms with Crippen LogP contribution in [0.4, 0.5) is 4.79 Å². The Bertz CT molecular complexity index is 1030. The van der Waals surface area contributed by atoms with Gasteiger partial charge in [-0.25, -0.2) is 4.79 Å². The smallest absolute Gasteiger partial charge is 0.414 e. The number of benzene rings is 2. The van der Waals surface area contributed by atoms with Crippen molar-refractivity contribution in [2.75, 3.05) is 0 Å². The first-order valence-corrected chi connectivity index (χ1v) is 10.9.